The van der Waals surface area contributed by atoms with Gasteiger partial charge in [-0.2, -0.15) is 0 Å². The van der Waals surface area contributed by atoms with Crippen LogP contribution in [0.3, 0.4) is 0 Å². The largest absolute Gasteiger partial charge is 0.457 e. The number of aliphatic hydroxyl groups excluding tert-OH is 1. The molecule has 1 N–H and O–H groups in total. The van der Waals surface area contributed by atoms with Crippen LogP contribution in [-0.4, -0.2) is 49.9 Å². The summed E-state index contributed by atoms with van der Waals surface area (Å²) in [5, 5.41) is 19.5. The van der Waals surface area contributed by atoms with Gasteiger partial charge in [-0.25, -0.2) is 4.79 Å². The number of likely N-dealkylation sites (tertiary alicyclic amines) is 1. The highest BCUT2D eigenvalue weighted by Crippen LogP contribution is 2.26. The number of hydrogen-bond acceptors (Lipinski definition) is 8. The first kappa shape index (κ1) is 17.9. The van der Waals surface area contributed by atoms with Crippen LogP contribution in [0, 0.1) is 10.1 Å². The van der Waals surface area contributed by atoms with E-state index < -0.39 is 28.3 Å². The monoisotopic (exact) mass is 354 g/mol. The third-order valence-electron chi connectivity index (χ3n) is 3.26. The number of non-ortho nitro benzene ring substituents is 1. The zero-order valence-corrected chi connectivity index (χ0v) is 13.4. The third-order valence-corrected chi connectivity index (χ3v) is 4.23. The van der Waals surface area contributed by atoms with E-state index >= 15 is 0 Å². The molecule has 128 valence electrons. The molecule has 1 fully saturated rings. The van der Waals surface area contributed by atoms with Gasteiger partial charge in [0.15, 0.2) is 5.12 Å². The summed E-state index contributed by atoms with van der Waals surface area (Å²) in [5.74, 6) is -1.51. The van der Waals surface area contributed by atoms with E-state index in [1.165, 1.54) is 31.2 Å². The van der Waals surface area contributed by atoms with E-state index in [-0.39, 0.29) is 24.0 Å². The molecule has 1 aliphatic heterocycles. The van der Waals surface area contributed by atoms with Crippen LogP contribution in [0.1, 0.15) is 12.5 Å². The summed E-state index contributed by atoms with van der Waals surface area (Å²) in [6, 6.07) is 5.38. The minimum atomic E-state index is -1.74. The zero-order valence-electron chi connectivity index (χ0n) is 12.6. The molecule has 0 aromatic heterocycles. The number of β-lactam (4-membered cyclic amide) rings is 1. The maximum atomic E-state index is 11.8. The van der Waals surface area contributed by atoms with E-state index in [2.05, 4.69) is 0 Å². The van der Waals surface area contributed by atoms with Gasteiger partial charge < -0.3 is 14.7 Å². The summed E-state index contributed by atoms with van der Waals surface area (Å²) >= 11 is 0.848. The fourth-order valence-electron chi connectivity index (χ4n) is 2.00. The number of carbonyl (C=O) groups is 3. The standard InChI is InChI=1S/C14H14N2O7S/c1-8(17)24-11-6-15(12(11)18)13(19)14(20)23-7-9-2-4-10(5-3-9)16(21)22/h2-5,11,13,19H,6-7H2,1H3/t11-,13?/m1/s1. The number of hydrogen-bond donors (Lipinski definition) is 1. The lowest BCUT2D eigenvalue weighted by Gasteiger charge is -2.39. The van der Waals surface area contributed by atoms with Crippen molar-refractivity contribution in [3.63, 3.8) is 0 Å². The Morgan fingerprint density at radius 3 is 2.58 bits per heavy atom. The Kier molecular flexibility index (Phi) is 5.52. The number of nitrogens with zero attached hydrogens (tertiary/aromatic N) is 2. The molecule has 1 aromatic rings. The fraction of sp³-hybridized carbons (Fsp3) is 0.357. The van der Waals surface area contributed by atoms with Crippen LogP contribution >= 0.6 is 11.8 Å². The molecule has 0 spiro atoms. The van der Waals surface area contributed by atoms with Crippen LogP contribution in [-0.2, 0) is 25.7 Å². The molecule has 1 heterocycles. The average Bonchev–Trinajstić information content (AvgIpc) is 2.55. The van der Waals surface area contributed by atoms with Crippen LogP contribution in [0.2, 0.25) is 0 Å². The summed E-state index contributed by atoms with van der Waals surface area (Å²) in [7, 11) is 0. The lowest BCUT2D eigenvalue weighted by Crippen LogP contribution is -2.61. The summed E-state index contributed by atoms with van der Waals surface area (Å²) in [5.41, 5.74) is 0.409. The molecule has 1 unspecified atom stereocenters. The predicted molar refractivity (Wildman–Crippen MR) is 82.7 cm³/mol. The van der Waals surface area contributed by atoms with Crippen molar-refractivity contribution in [2.45, 2.75) is 25.0 Å². The van der Waals surface area contributed by atoms with Crippen LogP contribution in [0.25, 0.3) is 0 Å². The molecule has 0 bridgehead atoms. The second-order valence-corrected chi connectivity index (χ2v) is 6.37. The Morgan fingerprint density at radius 1 is 1.46 bits per heavy atom. The van der Waals surface area contributed by atoms with Gasteiger partial charge in [0, 0.05) is 25.6 Å². The van der Waals surface area contributed by atoms with Crippen LogP contribution < -0.4 is 0 Å². The van der Waals surface area contributed by atoms with E-state index in [0.717, 1.165) is 16.7 Å². The Hall–Kier alpha value is -2.46. The van der Waals surface area contributed by atoms with Crippen molar-refractivity contribution >= 4 is 34.4 Å². The number of amides is 1. The van der Waals surface area contributed by atoms with Gasteiger partial charge in [-0.05, 0) is 17.7 Å². The van der Waals surface area contributed by atoms with Gasteiger partial charge in [0.05, 0.1) is 4.92 Å². The molecule has 1 aliphatic rings. The zero-order chi connectivity index (χ0) is 17.9. The molecule has 2 atom stereocenters. The van der Waals surface area contributed by atoms with Crippen molar-refractivity contribution in [1.82, 2.24) is 4.90 Å². The van der Waals surface area contributed by atoms with Crippen LogP contribution in [0.15, 0.2) is 24.3 Å². The first-order valence-electron chi connectivity index (χ1n) is 6.85. The smallest absolute Gasteiger partial charge is 0.356 e. The Labute approximate surface area is 140 Å². The molecule has 1 saturated heterocycles. The van der Waals surface area contributed by atoms with Crippen molar-refractivity contribution in [2.75, 3.05) is 6.54 Å². The molecule has 2 rings (SSSR count). The number of carbonyl (C=O) groups excluding carboxylic acids is 3. The van der Waals surface area contributed by atoms with Gasteiger partial charge >= 0.3 is 5.97 Å². The second-order valence-electron chi connectivity index (χ2n) is 4.99. The summed E-state index contributed by atoms with van der Waals surface area (Å²) in [6.45, 7) is 1.22. The molecule has 0 aliphatic carbocycles. The van der Waals surface area contributed by atoms with E-state index in [0.29, 0.717) is 5.56 Å². The number of rotatable bonds is 6. The number of thioether (sulfide) groups is 1. The molecule has 1 aromatic carbocycles. The number of ether oxygens (including phenoxy) is 1. The van der Waals surface area contributed by atoms with Gasteiger partial charge in [-0.15, -0.1) is 0 Å². The van der Waals surface area contributed by atoms with E-state index in [4.69, 9.17) is 4.74 Å². The normalized spacial score (nSPS) is 17.8. The first-order chi connectivity index (χ1) is 11.3. The van der Waals surface area contributed by atoms with Gasteiger partial charge in [0.2, 0.25) is 12.1 Å². The van der Waals surface area contributed by atoms with Gasteiger partial charge in [0.25, 0.3) is 5.69 Å². The lowest BCUT2D eigenvalue weighted by atomic mass is 10.2. The van der Waals surface area contributed by atoms with Crippen molar-refractivity contribution in [2.24, 2.45) is 0 Å². The maximum Gasteiger partial charge on any atom is 0.356 e. The lowest BCUT2D eigenvalue weighted by molar-refractivity contribution is -0.384. The maximum absolute atomic E-state index is 11.8. The van der Waals surface area contributed by atoms with Crippen molar-refractivity contribution in [3.8, 4) is 0 Å². The highest BCUT2D eigenvalue weighted by molar-refractivity contribution is 8.14. The quantitative estimate of drug-likeness (QED) is 0.337. The minimum Gasteiger partial charge on any atom is -0.457 e. The Morgan fingerprint density at radius 2 is 2.08 bits per heavy atom. The molecule has 24 heavy (non-hydrogen) atoms. The fourth-order valence-corrected chi connectivity index (χ4v) is 2.87. The highest BCUT2D eigenvalue weighted by Gasteiger charge is 2.44. The topological polar surface area (TPSA) is 127 Å². The molecule has 0 saturated carbocycles. The molecule has 0 radical (unpaired) electrons. The highest BCUT2D eigenvalue weighted by atomic mass is 32.2. The average molecular weight is 354 g/mol. The number of aliphatic hydroxyl groups is 1. The van der Waals surface area contributed by atoms with Crippen LogP contribution in [0.5, 0.6) is 0 Å². The number of nitro benzene ring substituents is 1. The van der Waals surface area contributed by atoms with Crippen molar-refractivity contribution < 1.29 is 29.2 Å². The van der Waals surface area contributed by atoms with Gasteiger partial charge in [0.1, 0.15) is 11.9 Å². The predicted octanol–water partition coefficient (Wildman–Crippen LogP) is 0.447. The molecular formula is C14H14N2O7S. The third kappa shape index (κ3) is 4.09. The number of benzene rings is 1. The second kappa shape index (κ2) is 7.41. The number of nitro groups is 1. The molecular weight excluding hydrogens is 340 g/mol. The van der Waals surface area contributed by atoms with Crippen molar-refractivity contribution in [3.05, 3.63) is 39.9 Å². The Bertz CT molecular complexity index is 676. The first-order valence-corrected chi connectivity index (χ1v) is 7.73. The molecule has 9 nitrogen and oxygen atoms in total. The van der Waals surface area contributed by atoms with E-state index in [1.54, 1.807) is 0 Å². The number of esters is 1. The summed E-state index contributed by atoms with van der Waals surface area (Å²) in [6.07, 6.45) is -1.74. The molecule has 1 amide bonds. The van der Waals surface area contributed by atoms with E-state index in [9.17, 15) is 29.6 Å². The summed E-state index contributed by atoms with van der Waals surface area (Å²) < 4.78 is 4.89. The SMILES string of the molecule is CC(=O)S[C@@H]1CN(C(O)C(=O)OCc2ccc([N+](=O)[O-])cc2)C1=O. The molecule has 10 heteroatoms. The van der Waals surface area contributed by atoms with Crippen LogP contribution in [0.4, 0.5) is 5.69 Å². The van der Waals surface area contributed by atoms with Crippen molar-refractivity contribution in [1.29, 1.82) is 0 Å². The Balaban J connectivity index is 1.83. The van der Waals surface area contributed by atoms with Gasteiger partial charge in [-0.3, -0.25) is 19.7 Å². The minimum absolute atomic E-state index is 0.0802. The summed E-state index contributed by atoms with van der Waals surface area (Å²) in [4.78, 5) is 45.3. The van der Waals surface area contributed by atoms with E-state index in [1.807, 2.05) is 0 Å². The van der Waals surface area contributed by atoms with Gasteiger partial charge in [-0.1, -0.05) is 11.8 Å².